The van der Waals surface area contributed by atoms with Gasteiger partial charge < -0.3 is 29.6 Å². The van der Waals surface area contributed by atoms with Crippen LogP contribution < -0.4 is 10.6 Å². The summed E-state index contributed by atoms with van der Waals surface area (Å²) < 4.78 is 20.0. The number of esters is 2. The van der Waals surface area contributed by atoms with Crippen LogP contribution in [0.5, 0.6) is 0 Å². The van der Waals surface area contributed by atoms with E-state index in [4.69, 9.17) is 18.9 Å². The number of carbonyl (C=O) groups is 4. The lowest BCUT2D eigenvalue weighted by molar-refractivity contribution is -0.142. The second-order valence-electron chi connectivity index (χ2n) is 7.46. The van der Waals surface area contributed by atoms with Crippen molar-refractivity contribution in [3.8, 4) is 0 Å². The molecule has 0 fully saturated rings. The Balaban J connectivity index is 3.66. The molecule has 0 aliphatic rings. The molecule has 2 amide bonds. The first-order chi connectivity index (χ1) is 15.0. The molecule has 0 spiro atoms. The average Bonchev–Trinajstić information content (AvgIpc) is 2.71. The molecule has 0 bridgehead atoms. The average molecular weight is 457 g/mol. The second-order valence-corrected chi connectivity index (χ2v) is 7.46. The van der Waals surface area contributed by atoms with Crippen LogP contribution in [-0.2, 0) is 28.5 Å². The summed E-state index contributed by atoms with van der Waals surface area (Å²) in [6.45, 7) is 14.1. The Morgan fingerprint density at radius 3 is 1.34 bits per heavy atom. The summed E-state index contributed by atoms with van der Waals surface area (Å²) in [6.07, 6.45) is 0.946. The molecule has 0 rings (SSSR count). The van der Waals surface area contributed by atoms with E-state index >= 15 is 0 Å². The minimum Gasteiger partial charge on any atom is -0.458 e. The lowest BCUT2D eigenvalue weighted by Gasteiger charge is -2.14. The van der Waals surface area contributed by atoms with Crippen molar-refractivity contribution in [2.45, 2.75) is 65.6 Å². The summed E-state index contributed by atoms with van der Waals surface area (Å²) >= 11 is 0. The van der Waals surface area contributed by atoms with E-state index in [2.05, 4.69) is 23.8 Å². The number of alkyl carbamates (subject to hydrolysis) is 2. The predicted octanol–water partition coefficient (Wildman–Crippen LogP) is 3.01. The Morgan fingerprint density at radius 2 is 1.03 bits per heavy atom. The van der Waals surface area contributed by atoms with Crippen molar-refractivity contribution >= 4 is 24.1 Å². The van der Waals surface area contributed by atoms with E-state index in [0.717, 1.165) is 25.7 Å². The van der Waals surface area contributed by atoms with E-state index in [1.807, 2.05) is 0 Å². The highest BCUT2D eigenvalue weighted by molar-refractivity contribution is 5.87. The minimum atomic E-state index is -0.573. The van der Waals surface area contributed by atoms with Crippen LogP contribution in [0, 0.1) is 0 Å². The zero-order valence-corrected chi connectivity index (χ0v) is 19.5. The largest absolute Gasteiger partial charge is 0.458 e. The highest BCUT2D eigenvalue weighted by Gasteiger charge is 2.13. The van der Waals surface area contributed by atoms with Crippen LogP contribution in [0.3, 0.4) is 0 Å². The number of unbranched alkanes of at least 4 members (excludes halogenated alkanes) is 3. The molecule has 0 aromatic rings. The molecule has 0 saturated carbocycles. The van der Waals surface area contributed by atoms with Gasteiger partial charge in [0, 0.05) is 24.2 Å². The molecule has 10 heteroatoms. The lowest BCUT2D eigenvalue weighted by Crippen LogP contribution is -2.31. The van der Waals surface area contributed by atoms with Gasteiger partial charge >= 0.3 is 24.1 Å². The summed E-state index contributed by atoms with van der Waals surface area (Å²) in [6, 6.07) is 0. The van der Waals surface area contributed by atoms with Gasteiger partial charge in [-0.1, -0.05) is 26.0 Å². The van der Waals surface area contributed by atoms with Crippen molar-refractivity contribution in [2.24, 2.45) is 0 Å². The monoisotopic (exact) mass is 456 g/mol. The van der Waals surface area contributed by atoms with E-state index in [1.54, 1.807) is 13.8 Å². The molecular weight excluding hydrogens is 420 g/mol. The first kappa shape index (κ1) is 29.0. The standard InChI is InChI=1S/C22H36N2O8/c1-15(2)19(25)29-13-17(5)31-21(27)23-11-9-7-8-10-12-24-22(28)32-18(6)14-30-20(26)16(3)4/h17-18H,1,3,7-14H2,2,4-6H3,(H,23,27)(H,24,28)/t17-,18-/m1/s1. The SMILES string of the molecule is C=C(C)C(=O)OC[C@@H](C)OC(=O)NCCCCCCNC(=O)O[C@H](C)COC(=O)C(=C)C. The maximum absolute atomic E-state index is 11.7. The quantitative estimate of drug-likeness (QED) is 0.166. The Bertz CT molecular complexity index is 606. The third-order valence-corrected chi connectivity index (χ3v) is 3.85. The number of amides is 2. The molecule has 0 unspecified atom stereocenters. The Labute approximate surface area is 189 Å². The zero-order valence-electron chi connectivity index (χ0n) is 19.5. The molecule has 0 radical (unpaired) electrons. The fraction of sp³-hybridized carbons (Fsp3) is 0.636. The number of hydrogen-bond donors (Lipinski definition) is 2. The molecule has 0 aromatic heterocycles. The van der Waals surface area contributed by atoms with Gasteiger partial charge in [0.2, 0.25) is 0 Å². The topological polar surface area (TPSA) is 129 Å². The van der Waals surface area contributed by atoms with Gasteiger partial charge in [0.15, 0.2) is 0 Å². The Morgan fingerprint density at radius 1 is 0.688 bits per heavy atom. The maximum atomic E-state index is 11.7. The minimum absolute atomic E-state index is 0.0348. The summed E-state index contributed by atoms with van der Waals surface area (Å²) in [5.74, 6) is -1.05. The van der Waals surface area contributed by atoms with Crippen LogP contribution in [0.1, 0.15) is 53.4 Å². The third-order valence-electron chi connectivity index (χ3n) is 3.85. The number of hydrogen-bond acceptors (Lipinski definition) is 8. The Kier molecular flexibility index (Phi) is 15.0. The first-order valence-corrected chi connectivity index (χ1v) is 10.6. The van der Waals surface area contributed by atoms with Crippen LogP contribution in [-0.4, -0.2) is 62.6 Å². The van der Waals surface area contributed by atoms with E-state index < -0.39 is 36.3 Å². The zero-order chi connectivity index (χ0) is 24.5. The molecule has 2 atom stereocenters. The van der Waals surface area contributed by atoms with E-state index in [9.17, 15) is 19.2 Å². The Hall–Kier alpha value is -3.04. The highest BCUT2D eigenvalue weighted by atomic mass is 16.6. The van der Waals surface area contributed by atoms with E-state index in [0.29, 0.717) is 13.1 Å². The summed E-state index contributed by atoms with van der Waals surface area (Å²) in [4.78, 5) is 45.9. The highest BCUT2D eigenvalue weighted by Crippen LogP contribution is 2.01. The van der Waals surface area contributed by atoms with Gasteiger partial charge in [-0.05, 0) is 40.5 Å². The van der Waals surface area contributed by atoms with Gasteiger partial charge in [-0.2, -0.15) is 0 Å². The summed E-state index contributed by atoms with van der Waals surface area (Å²) in [5, 5.41) is 5.26. The van der Waals surface area contributed by atoms with E-state index in [-0.39, 0.29) is 24.4 Å². The van der Waals surface area contributed by atoms with Crippen LogP contribution in [0.25, 0.3) is 0 Å². The van der Waals surface area contributed by atoms with Crippen molar-refractivity contribution < 1.29 is 38.1 Å². The maximum Gasteiger partial charge on any atom is 0.407 e. The van der Waals surface area contributed by atoms with E-state index in [1.165, 1.54) is 13.8 Å². The molecule has 32 heavy (non-hydrogen) atoms. The molecule has 0 aromatic carbocycles. The normalized spacial score (nSPS) is 12.0. The number of nitrogens with one attached hydrogen (secondary N) is 2. The number of ether oxygens (including phenoxy) is 4. The first-order valence-electron chi connectivity index (χ1n) is 10.6. The van der Waals surface area contributed by atoms with Gasteiger partial charge in [0.1, 0.15) is 25.4 Å². The van der Waals surface area contributed by atoms with Gasteiger partial charge in [-0.25, -0.2) is 19.2 Å². The van der Waals surface area contributed by atoms with Gasteiger partial charge in [0.05, 0.1) is 0 Å². The fourth-order valence-corrected chi connectivity index (χ4v) is 2.13. The smallest absolute Gasteiger partial charge is 0.407 e. The molecule has 182 valence electrons. The molecular formula is C22H36N2O8. The van der Waals surface area contributed by atoms with Crippen LogP contribution in [0.4, 0.5) is 9.59 Å². The fourth-order valence-electron chi connectivity index (χ4n) is 2.13. The van der Waals surface area contributed by atoms with Gasteiger partial charge in [-0.3, -0.25) is 0 Å². The van der Waals surface area contributed by atoms with Crippen molar-refractivity contribution in [1.29, 1.82) is 0 Å². The van der Waals surface area contributed by atoms with Crippen molar-refractivity contribution in [3.63, 3.8) is 0 Å². The summed E-state index contributed by atoms with van der Waals surface area (Å²) in [5.41, 5.74) is 0.565. The van der Waals surface area contributed by atoms with Gasteiger partial charge in [0.25, 0.3) is 0 Å². The summed E-state index contributed by atoms with van der Waals surface area (Å²) in [7, 11) is 0. The molecule has 0 heterocycles. The van der Waals surface area contributed by atoms with Gasteiger partial charge in [-0.15, -0.1) is 0 Å². The van der Waals surface area contributed by atoms with Crippen molar-refractivity contribution in [1.82, 2.24) is 10.6 Å². The van der Waals surface area contributed by atoms with Crippen molar-refractivity contribution in [3.05, 3.63) is 24.3 Å². The molecule has 0 saturated heterocycles. The number of carbonyl (C=O) groups excluding carboxylic acids is 4. The lowest BCUT2D eigenvalue weighted by atomic mass is 10.2. The van der Waals surface area contributed by atoms with Crippen LogP contribution in [0.15, 0.2) is 24.3 Å². The van der Waals surface area contributed by atoms with Crippen LogP contribution >= 0.6 is 0 Å². The molecule has 2 N–H and O–H groups in total. The predicted molar refractivity (Wildman–Crippen MR) is 118 cm³/mol. The molecule has 10 nitrogen and oxygen atoms in total. The van der Waals surface area contributed by atoms with Crippen molar-refractivity contribution in [2.75, 3.05) is 26.3 Å². The van der Waals surface area contributed by atoms with Crippen LogP contribution in [0.2, 0.25) is 0 Å². The second kappa shape index (κ2) is 16.6. The number of rotatable bonds is 15. The molecule has 0 aliphatic heterocycles. The molecule has 0 aliphatic carbocycles. The third kappa shape index (κ3) is 15.8.